The summed E-state index contributed by atoms with van der Waals surface area (Å²) in [5, 5.41) is 3.86. The summed E-state index contributed by atoms with van der Waals surface area (Å²) in [6.07, 6.45) is 0.180. The first kappa shape index (κ1) is 27.5. The van der Waals surface area contributed by atoms with Gasteiger partial charge in [0.2, 0.25) is 0 Å². The Morgan fingerprint density at radius 3 is 2.40 bits per heavy atom. The van der Waals surface area contributed by atoms with Gasteiger partial charge in [-0.05, 0) is 67.0 Å². The van der Waals surface area contributed by atoms with E-state index in [-0.39, 0.29) is 5.56 Å². The highest BCUT2D eigenvalue weighted by Gasteiger charge is 2.46. The van der Waals surface area contributed by atoms with Crippen LogP contribution in [0.3, 0.4) is 0 Å². The predicted molar refractivity (Wildman–Crippen MR) is 140 cm³/mol. The lowest BCUT2D eigenvalue weighted by atomic mass is 9.97. The van der Waals surface area contributed by atoms with Gasteiger partial charge in [-0.1, -0.05) is 32.9 Å². The van der Waals surface area contributed by atoms with Gasteiger partial charge in [0.15, 0.2) is 8.32 Å². The fourth-order valence-corrected chi connectivity index (χ4v) is 7.55. The standard InChI is InChI=1S/C25H32BrF3N4OSi/c1-7-35(8-2,9-3)34-16(5)25(28,29)20-12-10-11-18(23(20)27)15(4)31-24-19-13-22(26)30-14-21(19)32-17(6)33-24/h10-16H,7-9H2,1-6H3,(H,31,32,33)/t15-,16?/m1/s1. The van der Waals surface area contributed by atoms with Gasteiger partial charge in [0, 0.05) is 10.9 Å². The summed E-state index contributed by atoms with van der Waals surface area (Å²) >= 11 is 3.34. The van der Waals surface area contributed by atoms with E-state index in [4.69, 9.17) is 4.43 Å². The van der Waals surface area contributed by atoms with Gasteiger partial charge in [-0.3, -0.25) is 0 Å². The number of nitrogens with zero attached hydrogens (tertiary/aromatic N) is 3. The highest BCUT2D eigenvalue weighted by molar-refractivity contribution is 9.10. The topological polar surface area (TPSA) is 59.9 Å². The van der Waals surface area contributed by atoms with Crippen LogP contribution in [-0.2, 0) is 10.3 Å². The molecule has 2 heterocycles. The number of alkyl halides is 2. The van der Waals surface area contributed by atoms with Gasteiger partial charge in [-0.15, -0.1) is 0 Å². The van der Waals surface area contributed by atoms with Crippen molar-refractivity contribution >= 4 is 41.0 Å². The second kappa shape index (κ2) is 10.9. The molecule has 1 unspecified atom stereocenters. The minimum Gasteiger partial charge on any atom is -0.408 e. The molecule has 3 rings (SSSR count). The van der Waals surface area contributed by atoms with Crippen LogP contribution < -0.4 is 5.32 Å². The lowest BCUT2D eigenvalue weighted by molar-refractivity contribution is -0.101. The molecule has 0 spiro atoms. The van der Waals surface area contributed by atoms with E-state index in [1.165, 1.54) is 19.1 Å². The molecule has 3 aromatic rings. The molecule has 190 valence electrons. The predicted octanol–water partition coefficient (Wildman–Crippen LogP) is 7.91. The Balaban J connectivity index is 1.94. The molecule has 1 aromatic carbocycles. The molecule has 2 aromatic heterocycles. The monoisotopic (exact) mass is 568 g/mol. The first-order chi connectivity index (χ1) is 16.5. The van der Waals surface area contributed by atoms with Crippen molar-refractivity contribution in [3.63, 3.8) is 0 Å². The van der Waals surface area contributed by atoms with Crippen LogP contribution in [0.2, 0.25) is 18.1 Å². The van der Waals surface area contributed by atoms with Crippen molar-refractivity contribution in [2.45, 2.75) is 77.7 Å². The molecule has 2 atom stereocenters. The highest BCUT2D eigenvalue weighted by atomic mass is 79.9. The van der Waals surface area contributed by atoms with E-state index in [2.05, 4.69) is 36.2 Å². The Morgan fingerprint density at radius 1 is 1.11 bits per heavy atom. The summed E-state index contributed by atoms with van der Waals surface area (Å²) in [6.45, 7) is 10.7. The fourth-order valence-electron chi connectivity index (χ4n) is 4.33. The average molecular weight is 570 g/mol. The smallest absolute Gasteiger partial charge is 0.300 e. The maximum absolute atomic E-state index is 15.6. The second-order valence-electron chi connectivity index (χ2n) is 8.85. The summed E-state index contributed by atoms with van der Waals surface area (Å²) in [6, 6.07) is 7.45. The van der Waals surface area contributed by atoms with E-state index in [1.807, 2.05) is 20.8 Å². The quantitative estimate of drug-likeness (QED) is 0.199. The number of fused-ring (bicyclic) bond motifs is 1. The molecule has 1 N–H and O–H groups in total. The van der Waals surface area contributed by atoms with E-state index in [1.54, 1.807) is 26.1 Å². The van der Waals surface area contributed by atoms with Crippen molar-refractivity contribution in [2.75, 3.05) is 5.32 Å². The number of aryl methyl sites for hydroxylation is 1. The molecule has 0 aliphatic rings. The van der Waals surface area contributed by atoms with Gasteiger partial charge in [-0.2, -0.15) is 8.78 Å². The van der Waals surface area contributed by atoms with Crippen molar-refractivity contribution in [2.24, 2.45) is 0 Å². The van der Waals surface area contributed by atoms with E-state index < -0.39 is 37.8 Å². The third-order valence-corrected chi connectivity index (χ3v) is 11.9. The summed E-state index contributed by atoms with van der Waals surface area (Å²) in [4.78, 5) is 13.0. The SMILES string of the molecule is CC[Si](CC)(CC)OC(C)C(F)(F)c1cccc([C@@H](C)Nc2nc(C)nc3cnc(Br)cc23)c1F. The zero-order valence-corrected chi connectivity index (χ0v) is 23.5. The van der Waals surface area contributed by atoms with Crippen molar-refractivity contribution in [3.05, 3.63) is 57.8 Å². The fraction of sp³-hybridized carbons (Fsp3) is 0.480. The van der Waals surface area contributed by atoms with Crippen LogP contribution in [0.15, 0.2) is 35.1 Å². The normalized spacial score (nSPS) is 14.2. The first-order valence-corrected chi connectivity index (χ1v) is 15.2. The lowest BCUT2D eigenvalue weighted by Crippen LogP contribution is -2.44. The third kappa shape index (κ3) is 5.70. The van der Waals surface area contributed by atoms with E-state index >= 15 is 13.2 Å². The van der Waals surface area contributed by atoms with Gasteiger partial charge >= 0.3 is 0 Å². The minimum atomic E-state index is -3.48. The van der Waals surface area contributed by atoms with Crippen LogP contribution in [0.1, 0.15) is 57.6 Å². The van der Waals surface area contributed by atoms with Crippen LogP contribution in [-0.4, -0.2) is 29.4 Å². The zero-order chi connectivity index (χ0) is 26.0. The van der Waals surface area contributed by atoms with Crippen molar-refractivity contribution in [1.82, 2.24) is 15.0 Å². The van der Waals surface area contributed by atoms with Gasteiger partial charge < -0.3 is 9.74 Å². The van der Waals surface area contributed by atoms with Crippen LogP contribution in [0.4, 0.5) is 19.0 Å². The molecule has 10 heteroatoms. The molecule has 0 aliphatic carbocycles. The third-order valence-electron chi connectivity index (χ3n) is 6.74. The van der Waals surface area contributed by atoms with E-state index in [0.29, 0.717) is 27.1 Å². The van der Waals surface area contributed by atoms with Gasteiger partial charge in [-0.25, -0.2) is 19.3 Å². The summed E-state index contributed by atoms with van der Waals surface area (Å²) < 4.78 is 53.3. The zero-order valence-electron chi connectivity index (χ0n) is 20.9. The number of rotatable bonds is 10. The molecule has 0 aliphatic heterocycles. The maximum atomic E-state index is 15.6. The van der Waals surface area contributed by atoms with Gasteiger partial charge in [0.1, 0.15) is 28.2 Å². The Hall–Kier alpha value is -2.04. The molecule has 0 bridgehead atoms. The van der Waals surface area contributed by atoms with Crippen LogP contribution in [0.25, 0.3) is 10.9 Å². The van der Waals surface area contributed by atoms with Crippen LogP contribution >= 0.6 is 15.9 Å². The number of hydrogen-bond donors (Lipinski definition) is 1. The molecule has 0 amide bonds. The molecule has 0 saturated heterocycles. The number of halogens is 4. The molecule has 0 fully saturated rings. The van der Waals surface area contributed by atoms with Gasteiger partial charge in [0.05, 0.1) is 23.3 Å². The Morgan fingerprint density at radius 2 is 1.77 bits per heavy atom. The van der Waals surface area contributed by atoms with Crippen molar-refractivity contribution < 1.29 is 17.6 Å². The molecule has 35 heavy (non-hydrogen) atoms. The van der Waals surface area contributed by atoms with Crippen LogP contribution in [0, 0.1) is 12.7 Å². The minimum absolute atomic E-state index is 0.122. The summed E-state index contributed by atoms with van der Waals surface area (Å²) in [7, 11) is -2.30. The van der Waals surface area contributed by atoms with Gasteiger partial charge in [0.25, 0.3) is 5.92 Å². The van der Waals surface area contributed by atoms with E-state index in [0.717, 1.165) is 24.2 Å². The maximum Gasteiger partial charge on any atom is 0.300 e. The van der Waals surface area contributed by atoms with E-state index in [9.17, 15) is 0 Å². The number of benzene rings is 1. The first-order valence-electron chi connectivity index (χ1n) is 11.9. The summed E-state index contributed by atoms with van der Waals surface area (Å²) in [5.41, 5.74) is 0.0903. The highest BCUT2D eigenvalue weighted by Crippen LogP contribution is 2.40. The molecular formula is C25H32BrF3N4OSi. The molecule has 0 saturated carbocycles. The number of nitrogens with one attached hydrogen (secondary N) is 1. The number of pyridine rings is 1. The van der Waals surface area contributed by atoms with Crippen molar-refractivity contribution in [1.29, 1.82) is 0 Å². The number of hydrogen-bond acceptors (Lipinski definition) is 5. The summed E-state index contributed by atoms with van der Waals surface area (Å²) in [5.74, 6) is -3.44. The Bertz CT molecular complexity index is 1180. The molecular weight excluding hydrogens is 537 g/mol. The average Bonchev–Trinajstić information content (AvgIpc) is 2.82. The molecule has 5 nitrogen and oxygen atoms in total. The lowest BCUT2D eigenvalue weighted by Gasteiger charge is -2.35. The van der Waals surface area contributed by atoms with Crippen LogP contribution in [0.5, 0.6) is 0 Å². The second-order valence-corrected chi connectivity index (χ2v) is 14.4. The number of anilines is 1. The largest absolute Gasteiger partial charge is 0.408 e. The Kier molecular flexibility index (Phi) is 8.59. The number of aromatic nitrogens is 3. The molecule has 0 radical (unpaired) electrons. The van der Waals surface area contributed by atoms with Crippen molar-refractivity contribution in [3.8, 4) is 0 Å². The Labute approximate surface area is 214 Å².